The molecular weight excluding hydrogens is 404 g/mol. The molecule has 3 aliphatic heterocycles. The molecule has 0 aliphatic carbocycles. The molecule has 0 bridgehead atoms. The fourth-order valence-corrected chi connectivity index (χ4v) is 4.73. The molecule has 0 unspecified atom stereocenters. The molecule has 6 rings (SSSR count). The van der Waals surface area contributed by atoms with Gasteiger partial charge in [0.1, 0.15) is 6.61 Å². The highest BCUT2D eigenvalue weighted by atomic mass is 16.7. The largest absolute Gasteiger partial charge is 0.458 e. The molecule has 0 saturated heterocycles. The molecule has 31 heavy (non-hydrogen) atoms. The fourth-order valence-electron chi connectivity index (χ4n) is 4.73. The monoisotopic (exact) mass is 422 g/mol. The quantitative estimate of drug-likeness (QED) is 0.464. The van der Waals surface area contributed by atoms with Crippen LogP contribution in [0.5, 0.6) is 11.5 Å². The number of aromatic nitrogens is 2. The fraction of sp³-hybridized carbons (Fsp3) is 0.318. The number of cyclic esters (lactones) is 1. The van der Waals surface area contributed by atoms with Crippen LogP contribution in [0.1, 0.15) is 35.6 Å². The summed E-state index contributed by atoms with van der Waals surface area (Å²) in [5.74, 6) is 0.379. The first-order valence-electron chi connectivity index (χ1n) is 9.99. The average Bonchev–Trinajstić information content (AvgIpc) is 3.38. The van der Waals surface area contributed by atoms with E-state index in [-0.39, 0.29) is 49.7 Å². The average molecular weight is 422 g/mol. The number of ether oxygens (including phenoxy) is 3. The first kappa shape index (κ1) is 18.3. The van der Waals surface area contributed by atoms with Gasteiger partial charge in [-0.05, 0) is 24.1 Å². The first-order valence-corrected chi connectivity index (χ1v) is 9.99. The Morgan fingerprint density at radius 3 is 2.65 bits per heavy atom. The summed E-state index contributed by atoms with van der Waals surface area (Å²) < 4.78 is 17.6. The summed E-state index contributed by atoms with van der Waals surface area (Å²) in [4.78, 5) is 30.3. The van der Waals surface area contributed by atoms with Crippen LogP contribution in [0.25, 0.3) is 22.3 Å². The maximum Gasteiger partial charge on any atom is 0.343 e. The van der Waals surface area contributed by atoms with Crippen LogP contribution in [0.2, 0.25) is 0 Å². The van der Waals surface area contributed by atoms with E-state index in [0.29, 0.717) is 34.0 Å². The van der Waals surface area contributed by atoms with E-state index < -0.39 is 11.6 Å². The van der Waals surface area contributed by atoms with Gasteiger partial charge in [0, 0.05) is 22.6 Å². The highest BCUT2D eigenvalue weighted by molar-refractivity contribution is 5.91. The van der Waals surface area contributed by atoms with Gasteiger partial charge in [0.2, 0.25) is 6.79 Å². The van der Waals surface area contributed by atoms with E-state index in [1.165, 1.54) is 0 Å². The van der Waals surface area contributed by atoms with E-state index in [1.54, 1.807) is 29.7 Å². The molecule has 2 N–H and O–H groups in total. The molecule has 9 heteroatoms. The SMILES string of the molecule is CC[C@]1(O)C(=O)OCc2c1cc1n(c2=O)Cc2c-1nc1cc3c(cc1c2CO)OCO3. The van der Waals surface area contributed by atoms with Crippen molar-refractivity contribution in [2.75, 3.05) is 6.79 Å². The molecule has 1 aromatic carbocycles. The highest BCUT2D eigenvalue weighted by Gasteiger charge is 2.45. The number of aliphatic hydroxyl groups excluding tert-OH is 1. The number of esters is 1. The van der Waals surface area contributed by atoms with Gasteiger partial charge in [-0.3, -0.25) is 4.79 Å². The first-order chi connectivity index (χ1) is 15.0. The Bertz CT molecular complexity index is 1380. The standard InChI is InChI=1S/C22H18N2O7/c1-2-22(28)14-4-16-19-11(6-24(16)20(26)13(14)8-29-21(22)27)12(7-25)10-3-17-18(31-9-30-17)5-15(10)23-19/h3-5,25,28H,2,6-9H2,1H3/t22-/m1/s1. The zero-order valence-electron chi connectivity index (χ0n) is 16.6. The third-order valence-electron chi connectivity index (χ3n) is 6.46. The number of rotatable bonds is 2. The second-order valence-electron chi connectivity index (χ2n) is 7.90. The van der Waals surface area contributed by atoms with Crippen molar-refractivity contribution in [1.82, 2.24) is 9.55 Å². The number of benzene rings is 1. The Labute approximate surface area is 175 Å². The molecule has 5 heterocycles. The minimum absolute atomic E-state index is 0.0745. The lowest BCUT2D eigenvalue weighted by Crippen LogP contribution is -2.44. The van der Waals surface area contributed by atoms with Gasteiger partial charge in [-0.25, -0.2) is 9.78 Å². The van der Waals surface area contributed by atoms with Crippen molar-refractivity contribution in [2.45, 2.75) is 38.7 Å². The third-order valence-corrected chi connectivity index (χ3v) is 6.46. The van der Waals surface area contributed by atoms with Crippen LogP contribution in [-0.2, 0) is 34.9 Å². The maximum atomic E-state index is 13.3. The number of fused-ring (bicyclic) bond motifs is 6. The minimum Gasteiger partial charge on any atom is -0.458 e. The molecule has 158 valence electrons. The predicted molar refractivity (Wildman–Crippen MR) is 107 cm³/mol. The van der Waals surface area contributed by atoms with Gasteiger partial charge in [0.15, 0.2) is 17.1 Å². The Balaban J connectivity index is 1.65. The topological polar surface area (TPSA) is 120 Å². The van der Waals surface area contributed by atoms with Gasteiger partial charge in [-0.1, -0.05) is 6.92 Å². The summed E-state index contributed by atoms with van der Waals surface area (Å²) in [5, 5.41) is 21.9. The summed E-state index contributed by atoms with van der Waals surface area (Å²) in [7, 11) is 0. The van der Waals surface area contributed by atoms with Crippen molar-refractivity contribution in [2.24, 2.45) is 0 Å². The van der Waals surface area contributed by atoms with Gasteiger partial charge in [-0.2, -0.15) is 0 Å². The normalized spacial score (nSPS) is 20.4. The van der Waals surface area contributed by atoms with Gasteiger partial charge in [-0.15, -0.1) is 0 Å². The van der Waals surface area contributed by atoms with E-state index in [0.717, 1.165) is 10.9 Å². The Morgan fingerprint density at radius 1 is 1.13 bits per heavy atom. The van der Waals surface area contributed by atoms with Crippen molar-refractivity contribution in [3.63, 3.8) is 0 Å². The Hall–Kier alpha value is -3.43. The molecule has 2 aromatic heterocycles. The van der Waals surface area contributed by atoms with Gasteiger partial charge in [0.25, 0.3) is 5.56 Å². The number of hydrogen-bond donors (Lipinski definition) is 2. The van der Waals surface area contributed by atoms with Crippen molar-refractivity contribution >= 4 is 16.9 Å². The molecule has 0 radical (unpaired) electrons. The van der Waals surface area contributed by atoms with E-state index >= 15 is 0 Å². The van der Waals surface area contributed by atoms with Crippen molar-refractivity contribution in [1.29, 1.82) is 0 Å². The molecule has 0 amide bonds. The van der Waals surface area contributed by atoms with Crippen LogP contribution >= 0.6 is 0 Å². The van der Waals surface area contributed by atoms with Crippen LogP contribution in [0, 0.1) is 0 Å². The molecule has 3 aliphatic rings. The molecular formula is C22H18N2O7. The van der Waals surface area contributed by atoms with Crippen LogP contribution in [-0.4, -0.2) is 32.5 Å². The molecule has 9 nitrogen and oxygen atoms in total. The van der Waals surface area contributed by atoms with Gasteiger partial charge in [0.05, 0.1) is 35.6 Å². The Kier molecular flexibility index (Phi) is 3.58. The maximum absolute atomic E-state index is 13.3. The summed E-state index contributed by atoms with van der Waals surface area (Å²) in [6.07, 6.45) is 0.0745. The van der Waals surface area contributed by atoms with Crippen LogP contribution in [0.3, 0.4) is 0 Å². The molecule has 3 aromatic rings. The lowest BCUT2D eigenvalue weighted by Gasteiger charge is -2.31. The van der Waals surface area contributed by atoms with Gasteiger partial charge < -0.3 is 29.0 Å². The number of hydrogen-bond acceptors (Lipinski definition) is 8. The van der Waals surface area contributed by atoms with Crippen LogP contribution in [0.4, 0.5) is 0 Å². The molecule has 1 atom stereocenters. The minimum atomic E-state index is -1.88. The lowest BCUT2D eigenvalue weighted by atomic mass is 9.86. The number of carbonyl (C=O) groups excluding carboxylic acids is 1. The third kappa shape index (κ3) is 2.24. The summed E-state index contributed by atoms with van der Waals surface area (Å²) in [5.41, 5.74) is 1.29. The predicted octanol–water partition coefficient (Wildman–Crippen LogP) is 1.30. The van der Waals surface area contributed by atoms with Crippen LogP contribution < -0.4 is 15.0 Å². The molecule has 0 fully saturated rings. The molecule has 0 spiro atoms. The van der Waals surface area contributed by atoms with Crippen molar-refractivity contribution < 1.29 is 29.2 Å². The number of pyridine rings is 2. The van der Waals surface area contributed by atoms with Gasteiger partial charge >= 0.3 is 5.97 Å². The zero-order valence-corrected chi connectivity index (χ0v) is 16.6. The second-order valence-corrected chi connectivity index (χ2v) is 7.90. The number of nitrogens with zero attached hydrogens (tertiary/aromatic N) is 2. The van der Waals surface area contributed by atoms with E-state index in [4.69, 9.17) is 19.2 Å². The van der Waals surface area contributed by atoms with Crippen molar-refractivity contribution in [3.05, 3.63) is 50.8 Å². The van der Waals surface area contributed by atoms with E-state index in [9.17, 15) is 19.8 Å². The van der Waals surface area contributed by atoms with Crippen molar-refractivity contribution in [3.8, 4) is 22.9 Å². The Morgan fingerprint density at radius 2 is 1.90 bits per heavy atom. The smallest absolute Gasteiger partial charge is 0.343 e. The summed E-state index contributed by atoms with van der Waals surface area (Å²) >= 11 is 0. The number of carbonyl (C=O) groups is 1. The highest BCUT2D eigenvalue weighted by Crippen LogP contribution is 2.43. The second kappa shape index (κ2) is 6.05. The lowest BCUT2D eigenvalue weighted by molar-refractivity contribution is -0.172. The number of aliphatic hydroxyl groups is 2. The zero-order chi connectivity index (χ0) is 21.5. The van der Waals surface area contributed by atoms with Crippen LogP contribution in [0.15, 0.2) is 23.0 Å². The summed E-state index contributed by atoms with van der Waals surface area (Å²) in [6, 6.07) is 5.19. The van der Waals surface area contributed by atoms with E-state index in [2.05, 4.69) is 0 Å². The summed E-state index contributed by atoms with van der Waals surface area (Å²) in [6.45, 7) is 1.57. The molecule has 0 saturated carbocycles. The van der Waals surface area contributed by atoms with E-state index in [1.807, 2.05) is 0 Å².